The second-order valence-corrected chi connectivity index (χ2v) is 5.59. The molecule has 0 amide bonds. The molecule has 0 radical (unpaired) electrons. The molecule has 1 aliphatic rings. The molecular formula is C16H20N4O2. The number of methoxy groups -OCH3 is 1. The van der Waals surface area contributed by atoms with Crippen molar-refractivity contribution in [1.29, 1.82) is 0 Å². The maximum Gasteiger partial charge on any atom is 0.250 e. The smallest absolute Gasteiger partial charge is 0.250 e. The van der Waals surface area contributed by atoms with Gasteiger partial charge in [-0.1, -0.05) is 0 Å². The van der Waals surface area contributed by atoms with Crippen molar-refractivity contribution < 1.29 is 4.74 Å². The number of aromatic nitrogens is 3. The number of hydrogen-bond donors (Lipinski definition) is 0. The molecule has 0 atom stereocenters. The first kappa shape index (κ1) is 14.6. The lowest BCUT2D eigenvalue weighted by atomic mass is 9.90. The highest BCUT2D eigenvalue weighted by atomic mass is 16.5. The maximum atomic E-state index is 11.7. The average molecular weight is 300 g/mol. The van der Waals surface area contributed by atoms with Gasteiger partial charge in [-0.2, -0.15) is 0 Å². The average Bonchev–Trinajstić information content (AvgIpc) is 2.58. The highest BCUT2D eigenvalue weighted by molar-refractivity contribution is 5.33. The van der Waals surface area contributed by atoms with Crippen LogP contribution in [0, 0.1) is 0 Å². The summed E-state index contributed by atoms with van der Waals surface area (Å²) >= 11 is 0. The van der Waals surface area contributed by atoms with Gasteiger partial charge < -0.3 is 14.2 Å². The van der Waals surface area contributed by atoms with Gasteiger partial charge in [-0.3, -0.25) is 4.79 Å². The molecule has 6 heteroatoms. The van der Waals surface area contributed by atoms with Gasteiger partial charge in [0.1, 0.15) is 0 Å². The zero-order chi connectivity index (χ0) is 15.5. The molecule has 0 spiro atoms. The number of pyridine rings is 1. The Balaban J connectivity index is 1.66. The normalized spacial score (nSPS) is 15.8. The first-order chi connectivity index (χ1) is 10.7. The topological polar surface area (TPSA) is 60.2 Å². The predicted molar refractivity (Wildman–Crippen MR) is 84.5 cm³/mol. The second-order valence-electron chi connectivity index (χ2n) is 5.59. The van der Waals surface area contributed by atoms with Crippen molar-refractivity contribution in [2.75, 3.05) is 25.1 Å². The molecule has 1 fully saturated rings. The summed E-state index contributed by atoms with van der Waals surface area (Å²) in [4.78, 5) is 22.6. The summed E-state index contributed by atoms with van der Waals surface area (Å²) in [6.45, 7) is 1.79. The Morgan fingerprint density at radius 1 is 1.23 bits per heavy atom. The standard InChI is InChI=1S/C16H20N4O2/c1-19-6-3-13(9-15(19)21)12-4-7-20(8-5-12)16-17-10-14(22-2)11-18-16/h3,6,9-12H,4-5,7-8H2,1-2H3. The number of rotatable bonds is 3. The van der Waals surface area contributed by atoms with Gasteiger partial charge >= 0.3 is 0 Å². The molecule has 3 heterocycles. The fourth-order valence-corrected chi connectivity index (χ4v) is 2.81. The molecule has 0 aliphatic carbocycles. The highest BCUT2D eigenvalue weighted by Gasteiger charge is 2.22. The third kappa shape index (κ3) is 2.95. The van der Waals surface area contributed by atoms with Crippen LogP contribution in [0.2, 0.25) is 0 Å². The van der Waals surface area contributed by atoms with Crippen LogP contribution < -0.4 is 15.2 Å². The van der Waals surface area contributed by atoms with Crippen molar-refractivity contribution in [2.24, 2.45) is 7.05 Å². The van der Waals surface area contributed by atoms with Gasteiger partial charge in [-0.15, -0.1) is 0 Å². The molecule has 22 heavy (non-hydrogen) atoms. The van der Waals surface area contributed by atoms with Crippen molar-refractivity contribution in [1.82, 2.24) is 14.5 Å². The van der Waals surface area contributed by atoms with Gasteiger partial charge in [-0.05, 0) is 30.4 Å². The van der Waals surface area contributed by atoms with E-state index in [0.29, 0.717) is 11.7 Å². The summed E-state index contributed by atoms with van der Waals surface area (Å²) in [5.74, 6) is 1.84. The van der Waals surface area contributed by atoms with E-state index in [-0.39, 0.29) is 5.56 Å². The number of anilines is 1. The Kier molecular flexibility index (Phi) is 4.09. The van der Waals surface area contributed by atoms with Crippen LogP contribution in [0.15, 0.2) is 35.5 Å². The van der Waals surface area contributed by atoms with Crippen LogP contribution in [0.5, 0.6) is 5.75 Å². The van der Waals surface area contributed by atoms with Crippen LogP contribution in [0.25, 0.3) is 0 Å². The molecule has 0 unspecified atom stereocenters. The molecule has 6 nitrogen and oxygen atoms in total. The Morgan fingerprint density at radius 2 is 1.91 bits per heavy atom. The van der Waals surface area contributed by atoms with Gasteiger partial charge in [0.2, 0.25) is 5.95 Å². The molecule has 1 aliphatic heterocycles. The van der Waals surface area contributed by atoms with E-state index < -0.39 is 0 Å². The zero-order valence-electron chi connectivity index (χ0n) is 12.9. The van der Waals surface area contributed by atoms with Gasteiger partial charge in [0.25, 0.3) is 5.56 Å². The Bertz CT molecular complexity index is 688. The van der Waals surface area contributed by atoms with Crippen LogP contribution in [-0.4, -0.2) is 34.7 Å². The Morgan fingerprint density at radius 3 is 2.50 bits per heavy atom. The zero-order valence-corrected chi connectivity index (χ0v) is 12.9. The van der Waals surface area contributed by atoms with E-state index in [9.17, 15) is 4.79 Å². The number of aryl methyl sites for hydroxylation is 1. The van der Waals surface area contributed by atoms with Crippen molar-refractivity contribution in [2.45, 2.75) is 18.8 Å². The number of piperidine rings is 1. The minimum Gasteiger partial charge on any atom is -0.494 e. The fourth-order valence-electron chi connectivity index (χ4n) is 2.81. The molecule has 0 saturated carbocycles. The Labute approximate surface area is 129 Å². The van der Waals surface area contributed by atoms with Crippen LogP contribution in [0.3, 0.4) is 0 Å². The summed E-state index contributed by atoms with van der Waals surface area (Å²) in [5, 5.41) is 0. The molecule has 1 saturated heterocycles. The summed E-state index contributed by atoms with van der Waals surface area (Å²) in [7, 11) is 3.38. The molecule has 0 N–H and O–H groups in total. The summed E-state index contributed by atoms with van der Waals surface area (Å²) in [6.07, 6.45) is 7.23. The van der Waals surface area contributed by atoms with E-state index in [1.54, 1.807) is 37.2 Å². The van der Waals surface area contributed by atoms with Crippen molar-refractivity contribution in [3.63, 3.8) is 0 Å². The first-order valence-electron chi connectivity index (χ1n) is 7.45. The van der Waals surface area contributed by atoms with Crippen LogP contribution >= 0.6 is 0 Å². The van der Waals surface area contributed by atoms with E-state index in [4.69, 9.17) is 4.74 Å². The highest BCUT2D eigenvalue weighted by Crippen LogP contribution is 2.28. The lowest BCUT2D eigenvalue weighted by molar-refractivity contribution is 0.410. The number of hydrogen-bond acceptors (Lipinski definition) is 5. The van der Waals surface area contributed by atoms with Crippen molar-refractivity contribution >= 4 is 5.95 Å². The van der Waals surface area contributed by atoms with Crippen LogP contribution in [0.4, 0.5) is 5.95 Å². The van der Waals surface area contributed by atoms with E-state index in [2.05, 4.69) is 14.9 Å². The fraction of sp³-hybridized carbons (Fsp3) is 0.438. The van der Waals surface area contributed by atoms with Crippen LogP contribution in [-0.2, 0) is 7.05 Å². The minimum atomic E-state index is 0.0541. The monoisotopic (exact) mass is 300 g/mol. The maximum absolute atomic E-state index is 11.7. The minimum absolute atomic E-state index is 0.0541. The summed E-state index contributed by atoms with van der Waals surface area (Å²) < 4.78 is 6.68. The quantitative estimate of drug-likeness (QED) is 0.861. The lowest BCUT2D eigenvalue weighted by Crippen LogP contribution is -2.34. The first-order valence-corrected chi connectivity index (χ1v) is 7.45. The third-order valence-corrected chi connectivity index (χ3v) is 4.23. The lowest BCUT2D eigenvalue weighted by Gasteiger charge is -2.32. The number of ether oxygens (including phenoxy) is 1. The molecule has 0 bridgehead atoms. The molecule has 116 valence electrons. The van der Waals surface area contributed by atoms with Crippen LogP contribution in [0.1, 0.15) is 24.3 Å². The van der Waals surface area contributed by atoms with E-state index in [1.165, 1.54) is 0 Å². The molecule has 3 rings (SSSR count). The van der Waals surface area contributed by atoms with E-state index in [1.807, 2.05) is 12.3 Å². The molecule has 2 aromatic rings. The molecule has 0 aromatic carbocycles. The molecular weight excluding hydrogens is 280 g/mol. The predicted octanol–water partition coefficient (Wildman–Crippen LogP) is 1.57. The van der Waals surface area contributed by atoms with Crippen molar-refractivity contribution in [3.8, 4) is 5.75 Å². The van der Waals surface area contributed by atoms with Crippen molar-refractivity contribution in [3.05, 3.63) is 46.6 Å². The number of nitrogens with zero attached hydrogens (tertiary/aromatic N) is 4. The summed E-state index contributed by atoms with van der Waals surface area (Å²) in [5.41, 5.74) is 1.19. The third-order valence-electron chi connectivity index (χ3n) is 4.23. The second kappa shape index (κ2) is 6.17. The SMILES string of the molecule is COc1cnc(N2CCC(c3ccn(C)c(=O)c3)CC2)nc1. The summed E-state index contributed by atoms with van der Waals surface area (Å²) in [6, 6.07) is 3.80. The van der Waals surface area contributed by atoms with Gasteiger partial charge in [0, 0.05) is 32.4 Å². The van der Waals surface area contributed by atoms with E-state index in [0.717, 1.165) is 37.4 Å². The molecule has 2 aromatic heterocycles. The Hall–Kier alpha value is -2.37. The van der Waals surface area contributed by atoms with Gasteiger partial charge in [0.05, 0.1) is 19.5 Å². The largest absolute Gasteiger partial charge is 0.494 e. The van der Waals surface area contributed by atoms with Gasteiger partial charge in [-0.25, -0.2) is 9.97 Å². The van der Waals surface area contributed by atoms with E-state index >= 15 is 0 Å². The van der Waals surface area contributed by atoms with Gasteiger partial charge in [0.15, 0.2) is 5.75 Å².